The molecule has 0 atom stereocenters. The molecule has 0 aliphatic heterocycles. The molecule has 1 saturated carbocycles. The van der Waals surface area contributed by atoms with E-state index in [0.29, 0.717) is 6.54 Å². The van der Waals surface area contributed by atoms with Gasteiger partial charge in [-0.3, -0.25) is 4.79 Å². The molecule has 1 aliphatic carbocycles. The van der Waals surface area contributed by atoms with Crippen LogP contribution < -0.4 is 11.1 Å². The topological polar surface area (TPSA) is 55.1 Å². The van der Waals surface area contributed by atoms with Gasteiger partial charge in [0.15, 0.2) is 0 Å². The third-order valence-corrected chi connectivity index (χ3v) is 3.83. The van der Waals surface area contributed by atoms with Gasteiger partial charge in [0, 0.05) is 12.0 Å². The van der Waals surface area contributed by atoms with Gasteiger partial charge in [0.25, 0.3) is 0 Å². The first-order valence-electron chi connectivity index (χ1n) is 6.39. The second-order valence-corrected chi connectivity index (χ2v) is 4.98. The predicted molar refractivity (Wildman–Crippen MR) is 75.9 cm³/mol. The third-order valence-electron chi connectivity index (χ3n) is 3.83. The molecule has 0 spiro atoms. The average molecular weight is 287 g/mol. The Balaban J connectivity index is 0.00000180. The van der Waals surface area contributed by atoms with E-state index in [2.05, 4.69) is 5.32 Å². The lowest BCUT2D eigenvalue weighted by molar-refractivity contribution is -0.120. The van der Waals surface area contributed by atoms with E-state index in [-0.39, 0.29) is 36.1 Å². The summed E-state index contributed by atoms with van der Waals surface area (Å²) >= 11 is 0. The molecule has 0 radical (unpaired) electrons. The summed E-state index contributed by atoms with van der Waals surface area (Å²) in [6.07, 6.45) is 4.36. The number of halogens is 2. The lowest BCUT2D eigenvalue weighted by Gasteiger charge is -2.30. The van der Waals surface area contributed by atoms with Crippen molar-refractivity contribution in [1.82, 2.24) is 5.32 Å². The molecule has 106 valence electrons. The summed E-state index contributed by atoms with van der Waals surface area (Å²) in [4.78, 5) is 11.3. The predicted octanol–water partition coefficient (Wildman–Crippen LogP) is 2.13. The van der Waals surface area contributed by atoms with Crippen LogP contribution in [-0.2, 0) is 10.2 Å². The quantitative estimate of drug-likeness (QED) is 0.891. The maximum Gasteiger partial charge on any atom is 0.233 e. The SMILES string of the molecule is Cl.NCC(=O)NCC1(c2ccc(F)cc2)CCCC1. The van der Waals surface area contributed by atoms with Crippen molar-refractivity contribution in [2.75, 3.05) is 13.1 Å². The van der Waals surface area contributed by atoms with Crippen molar-refractivity contribution in [2.45, 2.75) is 31.1 Å². The van der Waals surface area contributed by atoms with Crippen LogP contribution in [0.5, 0.6) is 0 Å². The first-order valence-corrected chi connectivity index (χ1v) is 6.39. The molecule has 1 aromatic carbocycles. The molecule has 2 rings (SSSR count). The van der Waals surface area contributed by atoms with Gasteiger partial charge in [0.1, 0.15) is 5.82 Å². The standard InChI is InChI=1S/C14H19FN2O.ClH/c15-12-5-3-11(4-6-12)14(7-1-2-8-14)10-17-13(18)9-16;/h3-6H,1-2,7-10,16H2,(H,17,18);1H. The van der Waals surface area contributed by atoms with Crippen LogP contribution in [0.1, 0.15) is 31.2 Å². The molecule has 0 unspecified atom stereocenters. The summed E-state index contributed by atoms with van der Waals surface area (Å²) < 4.78 is 13.0. The van der Waals surface area contributed by atoms with Crippen LogP contribution in [-0.4, -0.2) is 19.0 Å². The van der Waals surface area contributed by atoms with E-state index in [4.69, 9.17) is 5.73 Å². The second-order valence-electron chi connectivity index (χ2n) is 4.98. The fourth-order valence-electron chi connectivity index (χ4n) is 2.76. The molecule has 3 N–H and O–H groups in total. The van der Waals surface area contributed by atoms with Crippen LogP contribution in [0.15, 0.2) is 24.3 Å². The smallest absolute Gasteiger partial charge is 0.233 e. The zero-order valence-corrected chi connectivity index (χ0v) is 11.6. The van der Waals surface area contributed by atoms with Gasteiger partial charge < -0.3 is 11.1 Å². The number of benzene rings is 1. The van der Waals surface area contributed by atoms with E-state index < -0.39 is 0 Å². The lowest BCUT2D eigenvalue weighted by atomic mass is 9.79. The van der Waals surface area contributed by atoms with Crippen LogP contribution in [0.2, 0.25) is 0 Å². The summed E-state index contributed by atoms with van der Waals surface area (Å²) in [6.45, 7) is 0.605. The molecular weight excluding hydrogens is 267 g/mol. The van der Waals surface area contributed by atoms with Gasteiger partial charge in [-0.05, 0) is 30.5 Å². The van der Waals surface area contributed by atoms with Crippen LogP contribution in [0.3, 0.4) is 0 Å². The molecule has 1 fully saturated rings. The van der Waals surface area contributed by atoms with E-state index in [1.807, 2.05) is 12.1 Å². The maximum absolute atomic E-state index is 13.0. The molecule has 19 heavy (non-hydrogen) atoms. The van der Waals surface area contributed by atoms with Crippen LogP contribution in [0, 0.1) is 5.82 Å². The molecule has 0 bridgehead atoms. The number of carbonyl (C=O) groups is 1. The molecule has 0 heterocycles. The highest BCUT2D eigenvalue weighted by molar-refractivity contribution is 5.85. The van der Waals surface area contributed by atoms with E-state index in [0.717, 1.165) is 31.2 Å². The Morgan fingerprint density at radius 2 is 1.84 bits per heavy atom. The van der Waals surface area contributed by atoms with Crippen molar-refractivity contribution >= 4 is 18.3 Å². The van der Waals surface area contributed by atoms with Crippen LogP contribution in [0.25, 0.3) is 0 Å². The summed E-state index contributed by atoms with van der Waals surface area (Å²) in [5, 5.41) is 2.87. The van der Waals surface area contributed by atoms with Gasteiger partial charge >= 0.3 is 0 Å². The Hall–Kier alpha value is -1.13. The number of nitrogens with two attached hydrogens (primary N) is 1. The molecular formula is C14H20ClFN2O. The molecule has 0 saturated heterocycles. The van der Waals surface area contributed by atoms with Crippen molar-refractivity contribution < 1.29 is 9.18 Å². The highest BCUT2D eigenvalue weighted by atomic mass is 35.5. The van der Waals surface area contributed by atoms with Gasteiger partial charge in [-0.25, -0.2) is 4.39 Å². The maximum atomic E-state index is 13.0. The minimum absolute atomic E-state index is 0. The second kappa shape index (κ2) is 6.87. The Labute approximate surface area is 119 Å². The van der Waals surface area contributed by atoms with Crippen molar-refractivity contribution in [3.63, 3.8) is 0 Å². The molecule has 1 aliphatic rings. The van der Waals surface area contributed by atoms with Crippen molar-refractivity contribution in [1.29, 1.82) is 0 Å². The van der Waals surface area contributed by atoms with Crippen molar-refractivity contribution in [2.24, 2.45) is 5.73 Å². The van der Waals surface area contributed by atoms with E-state index in [1.165, 1.54) is 12.1 Å². The summed E-state index contributed by atoms with van der Waals surface area (Å²) in [6, 6.07) is 6.63. The minimum atomic E-state index is -0.224. The van der Waals surface area contributed by atoms with Gasteiger partial charge in [0.05, 0.1) is 6.54 Å². The fourth-order valence-corrected chi connectivity index (χ4v) is 2.76. The fraction of sp³-hybridized carbons (Fsp3) is 0.500. The average Bonchev–Trinajstić information content (AvgIpc) is 2.87. The zero-order chi connectivity index (χ0) is 13.0. The summed E-state index contributed by atoms with van der Waals surface area (Å²) in [5.74, 6) is -0.360. The first-order chi connectivity index (χ1) is 8.66. The Morgan fingerprint density at radius 1 is 1.26 bits per heavy atom. The number of amides is 1. The van der Waals surface area contributed by atoms with Gasteiger partial charge in [-0.15, -0.1) is 12.4 Å². The third kappa shape index (κ3) is 3.67. The Morgan fingerprint density at radius 3 is 2.37 bits per heavy atom. The van der Waals surface area contributed by atoms with Gasteiger partial charge in [0.2, 0.25) is 5.91 Å². The van der Waals surface area contributed by atoms with Crippen LogP contribution >= 0.6 is 12.4 Å². The number of rotatable bonds is 4. The number of carbonyl (C=O) groups excluding carboxylic acids is 1. The Bertz CT molecular complexity index is 416. The zero-order valence-electron chi connectivity index (χ0n) is 10.8. The van der Waals surface area contributed by atoms with E-state index in [9.17, 15) is 9.18 Å². The number of hydrogen-bond acceptors (Lipinski definition) is 2. The summed E-state index contributed by atoms with van der Waals surface area (Å²) in [7, 11) is 0. The highest BCUT2D eigenvalue weighted by Crippen LogP contribution is 2.40. The van der Waals surface area contributed by atoms with E-state index >= 15 is 0 Å². The first kappa shape index (κ1) is 15.9. The van der Waals surface area contributed by atoms with Crippen LogP contribution in [0.4, 0.5) is 4.39 Å². The minimum Gasteiger partial charge on any atom is -0.354 e. The molecule has 0 aromatic heterocycles. The largest absolute Gasteiger partial charge is 0.354 e. The molecule has 5 heteroatoms. The highest BCUT2D eigenvalue weighted by Gasteiger charge is 2.35. The Kier molecular flexibility index (Phi) is 5.76. The van der Waals surface area contributed by atoms with Crippen molar-refractivity contribution in [3.8, 4) is 0 Å². The molecule has 3 nitrogen and oxygen atoms in total. The van der Waals surface area contributed by atoms with Gasteiger partial charge in [-0.1, -0.05) is 25.0 Å². The molecule has 1 amide bonds. The monoisotopic (exact) mass is 286 g/mol. The number of hydrogen-bond donors (Lipinski definition) is 2. The lowest BCUT2D eigenvalue weighted by Crippen LogP contribution is -2.41. The van der Waals surface area contributed by atoms with Crippen molar-refractivity contribution in [3.05, 3.63) is 35.6 Å². The summed E-state index contributed by atoms with van der Waals surface area (Å²) in [5.41, 5.74) is 6.36. The number of nitrogens with one attached hydrogen (secondary N) is 1. The normalized spacial score (nSPS) is 16.7. The van der Waals surface area contributed by atoms with E-state index in [1.54, 1.807) is 0 Å². The van der Waals surface area contributed by atoms with Gasteiger partial charge in [-0.2, -0.15) is 0 Å². The molecule has 1 aromatic rings.